The molecule has 8 heteroatoms. The van der Waals surface area contributed by atoms with Crippen molar-refractivity contribution in [2.45, 2.75) is 19.6 Å². The van der Waals surface area contributed by atoms with Gasteiger partial charge in [0, 0.05) is 19.7 Å². The van der Waals surface area contributed by atoms with E-state index in [1.165, 1.54) is 16.8 Å². The summed E-state index contributed by atoms with van der Waals surface area (Å²) in [6.45, 7) is 4.56. The number of amides is 1. The molecule has 1 aliphatic rings. The number of carbonyl (C=O) groups excluding carboxylic acids is 1. The molecule has 0 saturated heterocycles. The zero-order valence-electron chi connectivity index (χ0n) is 18.9. The minimum absolute atomic E-state index is 0.168. The standard InChI is InChI=1S/C25H28N4O4/c1-3-28-18-20(33-23-12-8-7-11-22(23)28)17-27(2)25(31)21-13-14-24(30)29(26-21)15-16-32-19-9-5-4-6-10-19/h4-14,20H,3,15-18H2,1-2H3. The molecule has 1 amide bonds. The van der Waals surface area contributed by atoms with Crippen LogP contribution in [0.3, 0.4) is 0 Å². The highest BCUT2D eigenvalue weighted by Gasteiger charge is 2.27. The molecule has 0 saturated carbocycles. The number of hydrogen-bond donors (Lipinski definition) is 0. The maximum Gasteiger partial charge on any atom is 0.274 e. The highest BCUT2D eigenvalue weighted by molar-refractivity contribution is 5.91. The van der Waals surface area contributed by atoms with Gasteiger partial charge in [-0.25, -0.2) is 4.68 Å². The number of carbonyl (C=O) groups is 1. The van der Waals surface area contributed by atoms with Crippen molar-refractivity contribution >= 4 is 11.6 Å². The minimum atomic E-state index is -0.281. The molecule has 4 rings (SSSR count). The van der Waals surface area contributed by atoms with Crippen LogP contribution in [0.4, 0.5) is 5.69 Å². The van der Waals surface area contributed by atoms with Gasteiger partial charge < -0.3 is 19.3 Å². The lowest BCUT2D eigenvalue weighted by Gasteiger charge is -2.37. The molecule has 1 aromatic heterocycles. The average molecular weight is 449 g/mol. The van der Waals surface area contributed by atoms with E-state index in [4.69, 9.17) is 9.47 Å². The van der Waals surface area contributed by atoms with E-state index in [1.54, 1.807) is 11.9 Å². The first-order chi connectivity index (χ1) is 16.0. The van der Waals surface area contributed by atoms with Crippen molar-refractivity contribution in [1.29, 1.82) is 0 Å². The van der Waals surface area contributed by atoms with Gasteiger partial charge >= 0.3 is 0 Å². The second kappa shape index (κ2) is 10.2. The van der Waals surface area contributed by atoms with E-state index >= 15 is 0 Å². The fraction of sp³-hybridized carbons (Fsp3) is 0.320. The summed E-state index contributed by atoms with van der Waals surface area (Å²) in [5, 5.41) is 4.27. The SMILES string of the molecule is CCN1CC(CN(C)C(=O)c2ccc(=O)n(CCOc3ccccc3)n2)Oc2ccccc21. The summed E-state index contributed by atoms with van der Waals surface area (Å²) in [4.78, 5) is 29.1. The monoisotopic (exact) mass is 448 g/mol. The molecule has 0 aliphatic carbocycles. The van der Waals surface area contributed by atoms with Crippen LogP contribution in [0.15, 0.2) is 71.5 Å². The van der Waals surface area contributed by atoms with Gasteiger partial charge in [0.15, 0.2) is 0 Å². The number of para-hydroxylation sites is 3. The Bertz CT molecular complexity index is 1150. The molecule has 172 valence electrons. The molecule has 2 heterocycles. The molecule has 2 aromatic carbocycles. The minimum Gasteiger partial charge on any atom is -0.492 e. The molecular formula is C25H28N4O4. The molecule has 0 radical (unpaired) electrons. The number of rotatable bonds is 8. The van der Waals surface area contributed by atoms with E-state index in [2.05, 4.69) is 16.9 Å². The average Bonchev–Trinajstić information content (AvgIpc) is 2.84. The lowest BCUT2D eigenvalue weighted by atomic mass is 10.1. The van der Waals surface area contributed by atoms with Crippen LogP contribution < -0.4 is 19.9 Å². The number of ether oxygens (including phenoxy) is 2. The fourth-order valence-electron chi connectivity index (χ4n) is 3.85. The topological polar surface area (TPSA) is 76.9 Å². The predicted octanol–water partition coefficient (Wildman–Crippen LogP) is 2.68. The number of likely N-dealkylation sites (N-methyl/N-ethyl adjacent to an activating group) is 2. The zero-order chi connectivity index (χ0) is 23.2. The number of benzene rings is 2. The van der Waals surface area contributed by atoms with Gasteiger partial charge in [0.1, 0.15) is 29.9 Å². The molecule has 3 aromatic rings. The summed E-state index contributed by atoms with van der Waals surface area (Å²) in [6.07, 6.45) is -0.168. The number of aromatic nitrogens is 2. The molecule has 1 atom stereocenters. The number of fused-ring (bicyclic) bond motifs is 1. The zero-order valence-corrected chi connectivity index (χ0v) is 18.9. The molecule has 0 spiro atoms. The Morgan fingerprint density at radius 2 is 1.88 bits per heavy atom. The summed E-state index contributed by atoms with van der Waals surface area (Å²) < 4.78 is 13.0. The van der Waals surface area contributed by atoms with Gasteiger partial charge in [-0.15, -0.1) is 0 Å². The third-order valence-electron chi connectivity index (χ3n) is 5.53. The van der Waals surface area contributed by atoms with Gasteiger partial charge in [-0.3, -0.25) is 9.59 Å². The van der Waals surface area contributed by atoms with Crippen LogP contribution in [0, 0.1) is 0 Å². The fourth-order valence-corrected chi connectivity index (χ4v) is 3.85. The van der Waals surface area contributed by atoms with Crippen LogP contribution in [0.25, 0.3) is 0 Å². The largest absolute Gasteiger partial charge is 0.492 e. The second-order valence-electron chi connectivity index (χ2n) is 7.87. The van der Waals surface area contributed by atoms with Gasteiger partial charge in [-0.05, 0) is 37.3 Å². The van der Waals surface area contributed by atoms with E-state index in [0.717, 1.165) is 18.0 Å². The Hall–Kier alpha value is -3.81. The van der Waals surface area contributed by atoms with Crippen molar-refractivity contribution in [1.82, 2.24) is 14.7 Å². The predicted molar refractivity (Wildman–Crippen MR) is 126 cm³/mol. The van der Waals surface area contributed by atoms with Gasteiger partial charge in [0.25, 0.3) is 11.5 Å². The molecule has 1 aliphatic heterocycles. The number of hydrogen-bond acceptors (Lipinski definition) is 6. The van der Waals surface area contributed by atoms with E-state index < -0.39 is 0 Å². The molecular weight excluding hydrogens is 420 g/mol. The van der Waals surface area contributed by atoms with Gasteiger partial charge in [-0.1, -0.05) is 30.3 Å². The summed E-state index contributed by atoms with van der Waals surface area (Å²) in [6, 6.07) is 20.1. The molecule has 0 N–H and O–H groups in total. The maximum atomic E-state index is 13.0. The van der Waals surface area contributed by atoms with Crippen LogP contribution in [0.1, 0.15) is 17.4 Å². The summed E-state index contributed by atoms with van der Waals surface area (Å²) in [5.74, 6) is 1.27. The van der Waals surface area contributed by atoms with Crippen LogP contribution in [-0.2, 0) is 6.54 Å². The van der Waals surface area contributed by atoms with E-state index in [-0.39, 0.29) is 36.4 Å². The molecule has 1 unspecified atom stereocenters. The summed E-state index contributed by atoms with van der Waals surface area (Å²) in [5.41, 5.74) is 0.994. The van der Waals surface area contributed by atoms with Gasteiger partial charge in [0.2, 0.25) is 0 Å². The number of anilines is 1. The maximum absolute atomic E-state index is 13.0. The van der Waals surface area contributed by atoms with Gasteiger partial charge in [-0.2, -0.15) is 5.10 Å². The van der Waals surface area contributed by atoms with E-state index in [0.29, 0.717) is 18.8 Å². The highest BCUT2D eigenvalue weighted by atomic mass is 16.5. The third kappa shape index (κ3) is 5.34. The van der Waals surface area contributed by atoms with Crippen molar-refractivity contribution in [2.75, 3.05) is 38.2 Å². The highest BCUT2D eigenvalue weighted by Crippen LogP contribution is 2.32. The molecule has 0 fully saturated rings. The summed E-state index contributed by atoms with van der Waals surface area (Å²) in [7, 11) is 1.72. The normalized spacial score (nSPS) is 14.8. The molecule has 8 nitrogen and oxygen atoms in total. The van der Waals surface area contributed by atoms with Gasteiger partial charge in [0.05, 0.1) is 25.3 Å². The Labute approximate surface area is 193 Å². The van der Waals surface area contributed by atoms with Crippen LogP contribution in [-0.4, -0.2) is 60.0 Å². The molecule has 33 heavy (non-hydrogen) atoms. The smallest absolute Gasteiger partial charge is 0.274 e. The Morgan fingerprint density at radius 1 is 1.12 bits per heavy atom. The van der Waals surface area contributed by atoms with Crippen LogP contribution >= 0.6 is 0 Å². The van der Waals surface area contributed by atoms with E-state index in [1.807, 2.05) is 54.6 Å². The molecule has 0 bridgehead atoms. The first-order valence-electron chi connectivity index (χ1n) is 11.1. The lowest BCUT2D eigenvalue weighted by Crippen LogP contribution is -2.47. The van der Waals surface area contributed by atoms with E-state index in [9.17, 15) is 9.59 Å². The Kier molecular flexibility index (Phi) is 6.92. The Balaban J connectivity index is 1.39. The second-order valence-corrected chi connectivity index (χ2v) is 7.87. The lowest BCUT2D eigenvalue weighted by molar-refractivity contribution is 0.0701. The Morgan fingerprint density at radius 3 is 2.67 bits per heavy atom. The van der Waals surface area contributed by atoms with Crippen LogP contribution in [0.2, 0.25) is 0 Å². The van der Waals surface area contributed by atoms with Crippen molar-refractivity contribution < 1.29 is 14.3 Å². The van der Waals surface area contributed by atoms with Crippen molar-refractivity contribution in [3.05, 3.63) is 82.8 Å². The van der Waals surface area contributed by atoms with Crippen molar-refractivity contribution in [3.63, 3.8) is 0 Å². The quantitative estimate of drug-likeness (QED) is 0.527. The first kappa shape index (κ1) is 22.4. The first-order valence-corrected chi connectivity index (χ1v) is 11.1. The van der Waals surface area contributed by atoms with Crippen molar-refractivity contribution in [3.8, 4) is 11.5 Å². The van der Waals surface area contributed by atoms with Crippen molar-refractivity contribution in [2.24, 2.45) is 0 Å². The number of nitrogens with zero attached hydrogens (tertiary/aromatic N) is 4. The third-order valence-corrected chi connectivity index (χ3v) is 5.53. The summed E-state index contributed by atoms with van der Waals surface area (Å²) >= 11 is 0. The van der Waals surface area contributed by atoms with Crippen LogP contribution in [0.5, 0.6) is 11.5 Å².